The minimum absolute atomic E-state index is 0.0955. The monoisotopic (exact) mass is 129 g/mol. The molecule has 50 valence electrons. The molecule has 0 aromatic heterocycles. The molecule has 1 heterocycles. The van der Waals surface area contributed by atoms with E-state index in [-0.39, 0.29) is 12.4 Å². The predicted molar refractivity (Wildman–Crippen MR) is 30.0 cm³/mol. The van der Waals surface area contributed by atoms with Crippen LogP contribution in [-0.4, -0.2) is 30.6 Å². The van der Waals surface area contributed by atoms with E-state index in [2.05, 4.69) is 5.32 Å². The molecular formula is C4H7N3O2. The Balaban J connectivity index is 2.54. The molecule has 0 bridgehead atoms. The van der Waals surface area contributed by atoms with Gasteiger partial charge in [0.1, 0.15) is 12.4 Å². The van der Waals surface area contributed by atoms with Gasteiger partial charge >= 0.3 is 6.03 Å². The summed E-state index contributed by atoms with van der Waals surface area (Å²) in [6.07, 6.45) is 0. The van der Waals surface area contributed by atoms with Crippen LogP contribution >= 0.6 is 0 Å². The SMILES string of the molecule is CN1OCC(=N)NC1=O. The Hall–Kier alpha value is -1.10. The van der Waals surface area contributed by atoms with Gasteiger partial charge < -0.3 is 0 Å². The Labute approximate surface area is 52.1 Å². The molecule has 0 spiro atoms. The molecule has 1 fully saturated rings. The van der Waals surface area contributed by atoms with E-state index in [0.717, 1.165) is 5.06 Å². The first kappa shape index (κ1) is 6.03. The van der Waals surface area contributed by atoms with E-state index >= 15 is 0 Å². The molecule has 1 aliphatic heterocycles. The maximum absolute atomic E-state index is 10.6. The summed E-state index contributed by atoms with van der Waals surface area (Å²) in [7, 11) is 1.49. The summed E-state index contributed by atoms with van der Waals surface area (Å²) in [5, 5.41) is 10.3. The van der Waals surface area contributed by atoms with Gasteiger partial charge in [-0.3, -0.25) is 15.6 Å². The van der Waals surface area contributed by atoms with E-state index in [1.165, 1.54) is 7.05 Å². The van der Waals surface area contributed by atoms with Crippen LogP contribution < -0.4 is 5.32 Å². The summed E-state index contributed by atoms with van der Waals surface area (Å²) in [6, 6.07) is -0.397. The number of hydroxylamine groups is 2. The minimum Gasteiger partial charge on any atom is -0.292 e. The van der Waals surface area contributed by atoms with E-state index in [1.54, 1.807) is 0 Å². The van der Waals surface area contributed by atoms with Gasteiger partial charge in [0.15, 0.2) is 0 Å². The molecule has 1 aliphatic rings. The number of carbonyl (C=O) groups excluding carboxylic acids is 1. The quantitative estimate of drug-likeness (QED) is 0.465. The van der Waals surface area contributed by atoms with Crippen LogP contribution in [0.5, 0.6) is 0 Å². The third-order valence-corrected chi connectivity index (χ3v) is 0.946. The lowest BCUT2D eigenvalue weighted by Crippen LogP contribution is -2.48. The molecular weight excluding hydrogens is 122 g/mol. The Morgan fingerprint density at radius 1 is 1.89 bits per heavy atom. The number of amides is 2. The molecule has 2 N–H and O–H groups in total. The first-order valence-electron chi connectivity index (χ1n) is 2.45. The maximum Gasteiger partial charge on any atom is 0.346 e. The smallest absolute Gasteiger partial charge is 0.292 e. The second-order valence-corrected chi connectivity index (χ2v) is 1.68. The Morgan fingerprint density at radius 2 is 2.56 bits per heavy atom. The first-order valence-corrected chi connectivity index (χ1v) is 2.45. The van der Waals surface area contributed by atoms with Crippen LogP contribution in [0.4, 0.5) is 4.79 Å². The van der Waals surface area contributed by atoms with Crippen molar-refractivity contribution in [1.82, 2.24) is 10.4 Å². The highest BCUT2D eigenvalue weighted by molar-refractivity contribution is 5.97. The van der Waals surface area contributed by atoms with Gasteiger partial charge in [-0.15, -0.1) is 0 Å². The van der Waals surface area contributed by atoms with Crippen LogP contribution in [0.15, 0.2) is 0 Å². The Bertz CT molecular complexity index is 156. The summed E-state index contributed by atoms with van der Waals surface area (Å²) in [6.45, 7) is 0.141. The number of nitrogens with zero attached hydrogens (tertiary/aromatic N) is 1. The van der Waals surface area contributed by atoms with Crippen molar-refractivity contribution >= 4 is 11.9 Å². The third kappa shape index (κ3) is 1.17. The summed E-state index contributed by atoms with van der Waals surface area (Å²) >= 11 is 0. The molecule has 0 atom stereocenters. The first-order chi connectivity index (χ1) is 4.20. The zero-order chi connectivity index (χ0) is 6.85. The summed E-state index contributed by atoms with van der Waals surface area (Å²) in [4.78, 5) is 15.3. The Kier molecular flexibility index (Phi) is 1.35. The van der Waals surface area contributed by atoms with Crippen LogP contribution in [0.3, 0.4) is 0 Å². The molecule has 5 nitrogen and oxygen atoms in total. The van der Waals surface area contributed by atoms with Crippen LogP contribution in [0.1, 0.15) is 0 Å². The number of carbonyl (C=O) groups is 1. The second kappa shape index (κ2) is 2.02. The van der Waals surface area contributed by atoms with E-state index in [0.29, 0.717) is 0 Å². The van der Waals surface area contributed by atoms with Gasteiger partial charge in [-0.25, -0.2) is 9.86 Å². The average molecular weight is 129 g/mol. The molecule has 9 heavy (non-hydrogen) atoms. The maximum atomic E-state index is 10.6. The molecule has 0 radical (unpaired) electrons. The summed E-state index contributed by atoms with van der Waals surface area (Å²) in [5.41, 5.74) is 0. The molecule has 0 aromatic carbocycles. The number of amidine groups is 1. The fourth-order valence-electron chi connectivity index (χ4n) is 0.464. The van der Waals surface area contributed by atoms with Crippen molar-refractivity contribution in [3.8, 4) is 0 Å². The fourth-order valence-corrected chi connectivity index (χ4v) is 0.464. The van der Waals surface area contributed by atoms with Gasteiger partial charge in [0.05, 0.1) is 0 Å². The number of hydrogen-bond acceptors (Lipinski definition) is 3. The molecule has 0 aliphatic carbocycles. The molecule has 2 amide bonds. The van der Waals surface area contributed by atoms with Crippen molar-refractivity contribution in [3.63, 3.8) is 0 Å². The van der Waals surface area contributed by atoms with Crippen molar-refractivity contribution in [2.24, 2.45) is 0 Å². The van der Waals surface area contributed by atoms with Gasteiger partial charge in [0.25, 0.3) is 0 Å². The van der Waals surface area contributed by atoms with Gasteiger partial charge in [-0.2, -0.15) is 0 Å². The van der Waals surface area contributed by atoms with Crippen molar-refractivity contribution in [1.29, 1.82) is 5.41 Å². The minimum atomic E-state index is -0.397. The third-order valence-electron chi connectivity index (χ3n) is 0.946. The zero-order valence-electron chi connectivity index (χ0n) is 4.97. The summed E-state index contributed by atoms with van der Waals surface area (Å²) < 4.78 is 0. The topological polar surface area (TPSA) is 65.4 Å². The molecule has 1 saturated heterocycles. The lowest BCUT2D eigenvalue weighted by molar-refractivity contribution is -0.0873. The van der Waals surface area contributed by atoms with Crippen molar-refractivity contribution in [3.05, 3.63) is 0 Å². The predicted octanol–water partition coefficient (Wildman–Crippen LogP) is -0.450. The van der Waals surface area contributed by atoms with Crippen LogP contribution in [0.2, 0.25) is 0 Å². The number of rotatable bonds is 0. The number of nitrogens with one attached hydrogen (secondary N) is 2. The normalized spacial score (nSPS) is 19.9. The zero-order valence-corrected chi connectivity index (χ0v) is 4.97. The van der Waals surface area contributed by atoms with Crippen LogP contribution in [0, 0.1) is 5.41 Å². The average Bonchev–Trinajstić information content (AvgIpc) is 1.80. The molecule has 5 heteroatoms. The largest absolute Gasteiger partial charge is 0.346 e. The van der Waals surface area contributed by atoms with Gasteiger partial charge in [0.2, 0.25) is 0 Å². The second-order valence-electron chi connectivity index (χ2n) is 1.68. The van der Waals surface area contributed by atoms with E-state index in [4.69, 9.17) is 10.2 Å². The number of urea groups is 1. The highest BCUT2D eigenvalue weighted by atomic mass is 16.7. The van der Waals surface area contributed by atoms with Crippen molar-refractivity contribution in [2.45, 2.75) is 0 Å². The lowest BCUT2D eigenvalue weighted by Gasteiger charge is -2.22. The van der Waals surface area contributed by atoms with Gasteiger partial charge in [-0.1, -0.05) is 0 Å². The highest BCUT2D eigenvalue weighted by Crippen LogP contribution is 1.92. The fraction of sp³-hybridized carbons (Fsp3) is 0.500. The summed E-state index contributed by atoms with van der Waals surface area (Å²) in [5.74, 6) is 0.0955. The van der Waals surface area contributed by atoms with Crippen LogP contribution in [-0.2, 0) is 4.84 Å². The van der Waals surface area contributed by atoms with E-state index in [1.807, 2.05) is 0 Å². The molecule has 0 aromatic rings. The molecule has 0 unspecified atom stereocenters. The van der Waals surface area contributed by atoms with Crippen molar-refractivity contribution in [2.75, 3.05) is 13.7 Å². The highest BCUT2D eigenvalue weighted by Gasteiger charge is 2.16. The molecule has 1 rings (SSSR count). The van der Waals surface area contributed by atoms with Crippen molar-refractivity contribution < 1.29 is 9.63 Å². The van der Waals surface area contributed by atoms with E-state index < -0.39 is 6.03 Å². The molecule has 0 saturated carbocycles. The number of hydrogen-bond donors (Lipinski definition) is 2. The Morgan fingerprint density at radius 3 is 3.00 bits per heavy atom. The van der Waals surface area contributed by atoms with Gasteiger partial charge in [0, 0.05) is 7.05 Å². The van der Waals surface area contributed by atoms with Crippen LogP contribution in [0.25, 0.3) is 0 Å². The van der Waals surface area contributed by atoms with E-state index in [9.17, 15) is 4.79 Å². The van der Waals surface area contributed by atoms with Gasteiger partial charge in [-0.05, 0) is 0 Å². The lowest BCUT2D eigenvalue weighted by atomic mass is 10.6. The standard InChI is InChI=1S/C4H7N3O2/c1-7-4(8)6-3(5)2-9-7/h2H2,1H3,(H2,5,6,8).